The first kappa shape index (κ1) is 22.8. The summed E-state index contributed by atoms with van der Waals surface area (Å²) < 4.78 is 16.3. The number of carbonyl (C=O) groups is 2. The van der Waals surface area contributed by atoms with Crippen molar-refractivity contribution >= 4 is 17.9 Å². The van der Waals surface area contributed by atoms with Crippen LogP contribution in [0.2, 0.25) is 0 Å². The van der Waals surface area contributed by atoms with Gasteiger partial charge in [0.25, 0.3) is 11.8 Å². The molecule has 0 aliphatic carbocycles. The first-order chi connectivity index (χ1) is 15.5. The van der Waals surface area contributed by atoms with E-state index >= 15 is 0 Å². The lowest BCUT2D eigenvalue weighted by molar-refractivity contribution is -0.141. The van der Waals surface area contributed by atoms with Crippen molar-refractivity contribution in [3.63, 3.8) is 0 Å². The normalized spacial score (nSPS) is 15.2. The average molecular weight is 432 g/mol. The van der Waals surface area contributed by atoms with E-state index in [0.29, 0.717) is 29.2 Å². The number of amides is 2. The molecule has 1 aliphatic rings. The van der Waals surface area contributed by atoms with Crippen molar-refractivity contribution in [3.8, 4) is 17.6 Å². The molecule has 7 heteroatoms. The van der Waals surface area contributed by atoms with Crippen molar-refractivity contribution in [3.05, 3.63) is 76.4 Å². The molecule has 0 spiro atoms. The Bertz CT molecular complexity index is 1110. The van der Waals surface area contributed by atoms with Crippen molar-refractivity contribution in [2.24, 2.45) is 0 Å². The third kappa shape index (κ3) is 4.88. The van der Waals surface area contributed by atoms with Crippen molar-refractivity contribution in [2.45, 2.75) is 13.5 Å². The summed E-state index contributed by atoms with van der Waals surface area (Å²) >= 11 is 0. The summed E-state index contributed by atoms with van der Waals surface area (Å²) in [5.74, 6) is 0.00158. The van der Waals surface area contributed by atoms with Crippen molar-refractivity contribution < 1.29 is 23.8 Å². The van der Waals surface area contributed by atoms with Crippen LogP contribution in [0.5, 0.6) is 11.5 Å². The summed E-state index contributed by atoms with van der Waals surface area (Å²) in [5, 5.41) is 9.46. The zero-order chi connectivity index (χ0) is 23.1. The van der Waals surface area contributed by atoms with Crippen LogP contribution in [0.4, 0.5) is 0 Å². The van der Waals surface area contributed by atoms with Crippen LogP contribution in [0.15, 0.2) is 65.3 Å². The molecular formula is C25H24N2O5. The number of rotatable bonds is 8. The summed E-state index contributed by atoms with van der Waals surface area (Å²) in [6.07, 6.45) is 1.64. The van der Waals surface area contributed by atoms with Crippen LogP contribution in [0, 0.1) is 11.3 Å². The Morgan fingerprint density at radius 3 is 2.44 bits per heavy atom. The lowest BCUT2D eigenvalue weighted by Gasteiger charge is -2.27. The van der Waals surface area contributed by atoms with E-state index in [2.05, 4.69) is 0 Å². The van der Waals surface area contributed by atoms with Crippen molar-refractivity contribution in [1.29, 1.82) is 5.26 Å². The molecule has 0 saturated heterocycles. The number of hydrogen-bond donors (Lipinski definition) is 0. The summed E-state index contributed by atoms with van der Waals surface area (Å²) in [4.78, 5) is 26.5. The molecular weight excluding hydrogens is 408 g/mol. The summed E-state index contributed by atoms with van der Waals surface area (Å²) in [7, 11) is 3.02. The lowest BCUT2D eigenvalue weighted by Crippen LogP contribution is -2.44. The molecule has 0 atom stereocenters. The lowest BCUT2D eigenvalue weighted by atomic mass is 9.93. The number of ether oxygens (including phenoxy) is 3. The van der Waals surface area contributed by atoms with Crippen molar-refractivity contribution in [2.75, 3.05) is 27.4 Å². The molecule has 0 radical (unpaired) electrons. The minimum absolute atomic E-state index is 0.0540. The molecule has 0 fully saturated rings. The van der Waals surface area contributed by atoms with Gasteiger partial charge in [-0.25, -0.2) is 0 Å². The van der Waals surface area contributed by atoms with Gasteiger partial charge >= 0.3 is 0 Å². The Morgan fingerprint density at radius 1 is 1.03 bits per heavy atom. The van der Waals surface area contributed by atoms with Gasteiger partial charge in [-0.15, -0.1) is 0 Å². The van der Waals surface area contributed by atoms with Gasteiger partial charge in [0.1, 0.15) is 18.2 Å². The number of benzene rings is 2. The van der Waals surface area contributed by atoms with Gasteiger partial charge in [0, 0.05) is 12.7 Å². The van der Waals surface area contributed by atoms with Crippen LogP contribution >= 0.6 is 0 Å². The van der Waals surface area contributed by atoms with E-state index in [1.54, 1.807) is 31.2 Å². The van der Waals surface area contributed by atoms with Crippen molar-refractivity contribution in [1.82, 2.24) is 4.90 Å². The topological polar surface area (TPSA) is 88.9 Å². The third-order valence-electron chi connectivity index (χ3n) is 5.08. The summed E-state index contributed by atoms with van der Waals surface area (Å²) in [6.45, 7) is 2.24. The fraction of sp³-hybridized carbons (Fsp3) is 0.240. The molecule has 0 saturated carbocycles. The van der Waals surface area contributed by atoms with Gasteiger partial charge in [0.15, 0.2) is 11.5 Å². The number of carbonyl (C=O) groups excluding carboxylic acids is 2. The Labute approximate surface area is 187 Å². The number of methoxy groups -OCH3 is 2. The van der Waals surface area contributed by atoms with Gasteiger partial charge in [-0.3, -0.25) is 14.5 Å². The van der Waals surface area contributed by atoms with Gasteiger partial charge < -0.3 is 14.2 Å². The number of hydrogen-bond acceptors (Lipinski definition) is 6. The smallest absolute Gasteiger partial charge is 0.271 e. The minimum Gasteiger partial charge on any atom is -0.493 e. The summed E-state index contributed by atoms with van der Waals surface area (Å²) in [5.41, 5.74) is 2.27. The predicted molar refractivity (Wildman–Crippen MR) is 119 cm³/mol. The molecule has 1 heterocycles. The van der Waals surface area contributed by atoms with Crippen LogP contribution in [0.3, 0.4) is 0 Å². The maximum Gasteiger partial charge on any atom is 0.271 e. The molecule has 164 valence electrons. The quantitative estimate of drug-likeness (QED) is 0.469. The Kier molecular flexibility index (Phi) is 7.42. The van der Waals surface area contributed by atoms with Crippen LogP contribution < -0.4 is 9.47 Å². The second-order valence-electron chi connectivity index (χ2n) is 7.11. The zero-order valence-electron chi connectivity index (χ0n) is 18.3. The van der Waals surface area contributed by atoms with Gasteiger partial charge in [-0.1, -0.05) is 36.4 Å². The average Bonchev–Trinajstić information content (AvgIpc) is 2.81. The minimum atomic E-state index is -0.605. The first-order valence-electron chi connectivity index (χ1n) is 10.0. The first-order valence-corrected chi connectivity index (χ1v) is 10.0. The van der Waals surface area contributed by atoms with Crippen LogP contribution in [0.25, 0.3) is 6.08 Å². The third-order valence-corrected chi connectivity index (χ3v) is 5.08. The fourth-order valence-corrected chi connectivity index (χ4v) is 3.31. The molecule has 2 aromatic rings. The van der Waals surface area contributed by atoms with E-state index in [1.165, 1.54) is 14.2 Å². The van der Waals surface area contributed by atoms with Gasteiger partial charge in [0.2, 0.25) is 0 Å². The van der Waals surface area contributed by atoms with Gasteiger partial charge in [0.05, 0.1) is 20.3 Å². The number of nitrogens with zero attached hydrogens (tertiary/aromatic N) is 2. The largest absolute Gasteiger partial charge is 0.493 e. The number of nitriles is 1. The van der Waals surface area contributed by atoms with E-state index in [-0.39, 0.29) is 24.3 Å². The molecule has 0 N–H and O–H groups in total. The molecule has 0 bridgehead atoms. The SMILES string of the molecule is COCCN1C(=O)C(C#N)=C(C)/C(=C\c2ccc(OCc3ccccc3)c(OC)c2)C1=O. The van der Waals surface area contributed by atoms with Crippen LogP contribution in [0.1, 0.15) is 18.1 Å². The molecule has 2 aromatic carbocycles. The predicted octanol–water partition coefficient (Wildman–Crippen LogP) is 3.51. The second-order valence-corrected chi connectivity index (χ2v) is 7.11. The molecule has 2 amide bonds. The molecule has 1 aliphatic heterocycles. The molecule has 32 heavy (non-hydrogen) atoms. The monoisotopic (exact) mass is 432 g/mol. The molecule has 0 unspecified atom stereocenters. The highest BCUT2D eigenvalue weighted by molar-refractivity contribution is 6.19. The fourth-order valence-electron chi connectivity index (χ4n) is 3.31. The van der Waals surface area contributed by atoms with Crippen LogP contribution in [-0.4, -0.2) is 44.1 Å². The standard InChI is InChI=1S/C25H24N2O5/c1-17-20(24(28)27(11-12-30-2)25(29)21(17)15-26)13-19-9-10-22(23(14-19)31-3)32-16-18-7-5-4-6-8-18/h4-10,13-14H,11-12,16H2,1-3H3/b20-13+. The van der Waals surface area contributed by atoms with Gasteiger partial charge in [-0.05, 0) is 41.8 Å². The highest BCUT2D eigenvalue weighted by Crippen LogP contribution is 2.32. The Morgan fingerprint density at radius 2 is 1.78 bits per heavy atom. The molecule has 7 nitrogen and oxygen atoms in total. The number of imide groups is 1. The van der Waals surface area contributed by atoms with E-state index in [4.69, 9.17) is 14.2 Å². The highest BCUT2D eigenvalue weighted by atomic mass is 16.5. The summed E-state index contributed by atoms with van der Waals surface area (Å²) in [6, 6.07) is 17.0. The Balaban J connectivity index is 1.91. The van der Waals surface area contributed by atoms with E-state index in [1.807, 2.05) is 36.4 Å². The van der Waals surface area contributed by atoms with E-state index in [0.717, 1.165) is 10.5 Å². The highest BCUT2D eigenvalue weighted by Gasteiger charge is 2.35. The Hall–Kier alpha value is -3.89. The van der Waals surface area contributed by atoms with Gasteiger partial charge in [-0.2, -0.15) is 5.26 Å². The van der Waals surface area contributed by atoms with E-state index in [9.17, 15) is 14.9 Å². The maximum atomic E-state index is 13.0. The van der Waals surface area contributed by atoms with Crippen LogP contribution in [-0.2, 0) is 20.9 Å². The zero-order valence-corrected chi connectivity index (χ0v) is 18.3. The molecule has 0 aromatic heterocycles. The molecule has 3 rings (SSSR count). The maximum absolute atomic E-state index is 13.0. The van der Waals surface area contributed by atoms with E-state index < -0.39 is 11.8 Å². The second kappa shape index (κ2) is 10.4.